The minimum atomic E-state index is -0.948. The topological polar surface area (TPSA) is 95.0 Å². The predicted octanol–water partition coefficient (Wildman–Crippen LogP) is 5.01. The monoisotopic (exact) mass is 506 g/mol. The van der Waals surface area contributed by atoms with Gasteiger partial charge in [0.05, 0.1) is 6.61 Å². The maximum Gasteiger partial charge on any atom is 0.416 e. The summed E-state index contributed by atoms with van der Waals surface area (Å²) in [5.74, 6) is 1.05. The summed E-state index contributed by atoms with van der Waals surface area (Å²) in [6.45, 7) is 2.07. The maximum atomic E-state index is 13.4. The van der Waals surface area contributed by atoms with Crippen LogP contribution in [0.3, 0.4) is 0 Å². The molecule has 8 heteroatoms. The van der Waals surface area contributed by atoms with Crippen molar-refractivity contribution in [2.45, 2.75) is 25.5 Å². The molecule has 2 unspecified atom stereocenters. The lowest BCUT2D eigenvalue weighted by Gasteiger charge is -2.35. The van der Waals surface area contributed by atoms with E-state index in [1.807, 2.05) is 49.4 Å². The molecule has 7 nitrogen and oxygen atoms in total. The molecule has 0 saturated heterocycles. The van der Waals surface area contributed by atoms with Crippen LogP contribution < -0.4 is 9.47 Å². The van der Waals surface area contributed by atoms with E-state index in [0.29, 0.717) is 29.5 Å². The Morgan fingerprint density at radius 1 is 1.11 bits per heavy atom. The summed E-state index contributed by atoms with van der Waals surface area (Å²) in [5, 5.41) is 20.3. The van der Waals surface area contributed by atoms with Gasteiger partial charge in [-0.15, -0.1) is 0 Å². The molecule has 4 aromatic rings. The van der Waals surface area contributed by atoms with Crippen LogP contribution >= 0.6 is 11.6 Å². The highest BCUT2D eigenvalue weighted by molar-refractivity contribution is 6.31. The molecule has 0 fully saturated rings. The molecule has 1 aliphatic rings. The first-order chi connectivity index (χ1) is 17.4. The molecule has 1 aliphatic heterocycles. The Bertz CT molecular complexity index is 1370. The summed E-state index contributed by atoms with van der Waals surface area (Å²) in [6, 6.07) is 20.1. The van der Waals surface area contributed by atoms with E-state index in [0.717, 1.165) is 33.3 Å². The lowest BCUT2D eigenvalue weighted by molar-refractivity contribution is 0.0536. The normalized spacial score (nSPS) is 16.0. The van der Waals surface area contributed by atoms with Crippen LogP contribution in [0.2, 0.25) is 5.02 Å². The summed E-state index contributed by atoms with van der Waals surface area (Å²) < 4.78 is 11.3. The first-order valence-corrected chi connectivity index (χ1v) is 12.2. The van der Waals surface area contributed by atoms with Crippen LogP contribution in [0.25, 0.3) is 10.9 Å². The number of rotatable bonds is 6. The Labute approximate surface area is 213 Å². The van der Waals surface area contributed by atoms with Crippen molar-refractivity contribution in [1.82, 2.24) is 9.88 Å². The number of H-pyrrole nitrogens is 1. The van der Waals surface area contributed by atoms with E-state index in [-0.39, 0.29) is 13.2 Å². The molecule has 2 atom stereocenters. The number of aliphatic hydroxyl groups is 2. The molecule has 3 N–H and O–H groups in total. The summed E-state index contributed by atoms with van der Waals surface area (Å²) in [4.78, 5) is 18.6. The number of aromatic nitrogens is 1. The second-order valence-corrected chi connectivity index (χ2v) is 9.39. The van der Waals surface area contributed by atoms with Crippen molar-refractivity contribution in [3.63, 3.8) is 0 Å². The molecule has 3 aromatic carbocycles. The Hall–Kier alpha value is -3.52. The number of hydrogen-bond donors (Lipinski definition) is 3. The summed E-state index contributed by atoms with van der Waals surface area (Å²) >= 11 is 6.29. The Morgan fingerprint density at radius 3 is 2.56 bits per heavy atom. The smallest absolute Gasteiger partial charge is 0.416 e. The van der Waals surface area contributed by atoms with Crippen molar-refractivity contribution in [2.75, 3.05) is 19.8 Å². The number of carbonyl (C=O) groups is 1. The number of ether oxygens (including phenoxy) is 2. The van der Waals surface area contributed by atoms with Gasteiger partial charge in [-0.25, -0.2) is 4.79 Å². The lowest BCUT2D eigenvalue weighted by Crippen LogP contribution is -2.42. The Balaban J connectivity index is 1.50. The minimum absolute atomic E-state index is 0.0127. The highest BCUT2D eigenvalue weighted by atomic mass is 35.5. The molecule has 186 valence electrons. The zero-order valence-electron chi connectivity index (χ0n) is 19.8. The van der Waals surface area contributed by atoms with Crippen molar-refractivity contribution in [2.24, 2.45) is 0 Å². The van der Waals surface area contributed by atoms with E-state index in [2.05, 4.69) is 4.98 Å². The average molecular weight is 507 g/mol. The number of nitrogens with one attached hydrogen (secondary N) is 1. The second-order valence-electron chi connectivity index (χ2n) is 8.95. The largest absolute Gasteiger partial charge is 0.491 e. The SMILES string of the molecule is Cc1ccc(OC(=O)N2CCc3c([nH]c4ccc(Cl)cc34)C2c2ccc(OCC(O)CO)cc2)cc1. The highest BCUT2D eigenvalue weighted by Gasteiger charge is 2.35. The van der Waals surface area contributed by atoms with Gasteiger partial charge >= 0.3 is 6.09 Å². The fraction of sp³-hybridized carbons (Fsp3) is 0.250. The number of aromatic amines is 1. The third kappa shape index (κ3) is 4.91. The number of hydrogen-bond acceptors (Lipinski definition) is 5. The first kappa shape index (κ1) is 24.2. The molecule has 0 spiro atoms. The van der Waals surface area contributed by atoms with Crippen LogP contribution in [0.4, 0.5) is 4.79 Å². The van der Waals surface area contributed by atoms with Crippen LogP contribution in [-0.4, -0.2) is 52.1 Å². The summed E-state index contributed by atoms with van der Waals surface area (Å²) in [7, 11) is 0. The van der Waals surface area contributed by atoms with Gasteiger partial charge in [-0.05, 0) is 66.9 Å². The molecule has 36 heavy (non-hydrogen) atoms. The van der Waals surface area contributed by atoms with Gasteiger partial charge in [-0.1, -0.05) is 41.4 Å². The minimum Gasteiger partial charge on any atom is -0.491 e. The number of aliphatic hydroxyl groups excluding tert-OH is 2. The van der Waals surface area contributed by atoms with Gasteiger partial charge < -0.3 is 24.7 Å². The molecule has 2 heterocycles. The van der Waals surface area contributed by atoms with E-state index >= 15 is 0 Å². The summed E-state index contributed by atoms with van der Waals surface area (Å²) in [5.41, 5.74) is 4.97. The van der Waals surface area contributed by atoms with Crippen LogP contribution in [0.5, 0.6) is 11.5 Å². The molecule has 0 radical (unpaired) electrons. The van der Waals surface area contributed by atoms with Gasteiger partial charge in [-0.3, -0.25) is 4.90 Å². The van der Waals surface area contributed by atoms with Gasteiger partial charge in [0, 0.05) is 28.2 Å². The van der Waals surface area contributed by atoms with E-state index in [9.17, 15) is 9.90 Å². The highest BCUT2D eigenvalue weighted by Crippen LogP contribution is 2.40. The van der Waals surface area contributed by atoms with Crippen LogP contribution in [0.15, 0.2) is 66.7 Å². The van der Waals surface area contributed by atoms with Crippen LogP contribution in [0.1, 0.15) is 28.4 Å². The van der Waals surface area contributed by atoms with Crippen molar-refractivity contribution in [3.05, 3.63) is 94.1 Å². The van der Waals surface area contributed by atoms with Gasteiger partial charge in [0.2, 0.25) is 0 Å². The number of halogens is 1. The zero-order valence-corrected chi connectivity index (χ0v) is 20.5. The summed E-state index contributed by atoms with van der Waals surface area (Å²) in [6.07, 6.45) is -0.719. The molecular formula is C28H27ClN2O5. The van der Waals surface area contributed by atoms with Crippen molar-refractivity contribution in [3.8, 4) is 11.5 Å². The standard InChI is InChI=1S/C28H27ClN2O5/c1-17-2-7-22(8-3-17)36-28(34)31-13-12-23-24-14-19(29)6-11-25(24)30-26(23)27(31)18-4-9-21(10-5-18)35-16-20(33)15-32/h2-11,14,20,27,30,32-33H,12-13,15-16H2,1H3. The van der Waals surface area contributed by atoms with E-state index in [1.165, 1.54) is 0 Å². The molecule has 0 aliphatic carbocycles. The van der Waals surface area contributed by atoms with E-state index in [4.69, 9.17) is 26.2 Å². The predicted molar refractivity (Wildman–Crippen MR) is 138 cm³/mol. The zero-order chi connectivity index (χ0) is 25.2. The number of benzene rings is 3. The van der Waals surface area contributed by atoms with Gasteiger partial charge in [-0.2, -0.15) is 0 Å². The molecule has 1 amide bonds. The molecule has 0 bridgehead atoms. The first-order valence-electron chi connectivity index (χ1n) is 11.8. The third-order valence-electron chi connectivity index (χ3n) is 6.40. The second kappa shape index (κ2) is 10.2. The Morgan fingerprint density at radius 2 is 1.83 bits per heavy atom. The fourth-order valence-corrected chi connectivity index (χ4v) is 4.73. The quantitative estimate of drug-likeness (QED) is 0.342. The lowest BCUT2D eigenvalue weighted by atomic mass is 9.92. The number of carbonyl (C=O) groups excluding carboxylic acids is 1. The molecule has 5 rings (SSSR count). The number of nitrogens with zero attached hydrogens (tertiary/aromatic N) is 1. The van der Waals surface area contributed by atoms with Gasteiger partial charge in [0.15, 0.2) is 0 Å². The Kier molecular flexibility index (Phi) is 6.87. The third-order valence-corrected chi connectivity index (χ3v) is 6.63. The molecular weight excluding hydrogens is 480 g/mol. The van der Waals surface area contributed by atoms with Gasteiger partial charge in [0.1, 0.15) is 30.3 Å². The van der Waals surface area contributed by atoms with Gasteiger partial charge in [0.25, 0.3) is 0 Å². The number of fused-ring (bicyclic) bond motifs is 3. The average Bonchev–Trinajstić information content (AvgIpc) is 3.26. The van der Waals surface area contributed by atoms with Crippen molar-refractivity contribution >= 4 is 28.6 Å². The van der Waals surface area contributed by atoms with Crippen LogP contribution in [0, 0.1) is 6.92 Å². The maximum absolute atomic E-state index is 13.4. The number of amides is 1. The molecule has 1 aromatic heterocycles. The molecule has 0 saturated carbocycles. The van der Waals surface area contributed by atoms with Crippen molar-refractivity contribution in [1.29, 1.82) is 0 Å². The van der Waals surface area contributed by atoms with Crippen LogP contribution in [-0.2, 0) is 6.42 Å². The fourth-order valence-electron chi connectivity index (χ4n) is 4.56. The van der Waals surface area contributed by atoms with E-state index < -0.39 is 18.2 Å². The van der Waals surface area contributed by atoms with Crippen molar-refractivity contribution < 1.29 is 24.5 Å². The van der Waals surface area contributed by atoms with E-state index in [1.54, 1.807) is 29.2 Å². The number of aryl methyl sites for hydroxylation is 1.